The quantitative estimate of drug-likeness (QED) is 0.0965. The lowest BCUT2D eigenvalue weighted by Gasteiger charge is -2.18. The zero-order valence-corrected chi connectivity index (χ0v) is 27.2. The van der Waals surface area contributed by atoms with Crippen molar-refractivity contribution in [3.8, 4) is 0 Å². The Morgan fingerprint density at radius 3 is 2.46 bits per heavy atom. The number of nitrogen functional groups attached to an aromatic ring is 1. The Labute approximate surface area is 281 Å². The number of nitrogens with zero attached hydrogens (tertiary/aromatic N) is 1. The number of anilines is 1. The van der Waals surface area contributed by atoms with Crippen molar-refractivity contribution in [3.63, 3.8) is 0 Å². The van der Waals surface area contributed by atoms with Crippen molar-refractivity contribution in [1.29, 1.82) is 0 Å². The van der Waals surface area contributed by atoms with Crippen molar-refractivity contribution >= 4 is 28.4 Å². The largest absolute Gasteiger partial charge is 0.387 e. The van der Waals surface area contributed by atoms with Crippen LogP contribution in [-0.4, -0.2) is 47.6 Å². The number of pyridine rings is 1. The normalized spacial score (nSPS) is 12.4. The molecule has 9 heteroatoms. The lowest BCUT2D eigenvalue weighted by atomic mass is 10.0. The van der Waals surface area contributed by atoms with Gasteiger partial charge in [-0.05, 0) is 64.6 Å². The van der Waals surface area contributed by atoms with Crippen LogP contribution in [0.25, 0.3) is 10.8 Å². The molecule has 9 nitrogen and oxygen atoms in total. The maximum atomic E-state index is 12.7. The molecule has 0 bridgehead atoms. The number of hydrogen-bond donors (Lipinski definition) is 5. The number of nitrogens with one attached hydrogen (secondary N) is 3. The molecule has 48 heavy (non-hydrogen) atoms. The number of carbonyl (C=O) groups excluding carboxylic acids is 2. The third-order valence-corrected chi connectivity index (χ3v) is 8.13. The van der Waals surface area contributed by atoms with Crippen LogP contribution in [0.3, 0.4) is 0 Å². The molecule has 2 atom stereocenters. The van der Waals surface area contributed by atoms with Gasteiger partial charge in [-0.1, -0.05) is 84.9 Å². The monoisotopic (exact) mass is 645 g/mol. The Morgan fingerprint density at radius 1 is 0.875 bits per heavy atom. The fourth-order valence-electron chi connectivity index (χ4n) is 5.50. The Hall–Kier alpha value is -5.09. The Bertz CT molecular complexity index is 1790. The van der Waals surface area contributed by atoms with Crippen molar-refractivity contribution in [2.24, 2.45) is 0 Å². The van der Waals surface area contributed by atoms with Gasteiger partial charge in [-0.15, -0.1) is 0 Å². The first-order valence-electron chi connectivity index (χ1n) is 16.2. The second-order valence-electron chi connectivity index (χ2n) is 12.0. The second-order valence-corrected chi connectivity index (χ2v) is 12.0. The number of hydrogen-bond acceptors (Lipinski definition) is 7. The highest BCUT2D eigenvalue weighted by atomic mass is 16.5. The minimum atomic E-state index is -0.679. The van der Waals surface area contributed by atoms with Gasteiger partial charge in [-0.2, -0.15) is 0 Å². The predicted molar refractivity (Wildman–Crippen MR) is 189 cm³/mol. The van der Waals surface area contributed by atoms with Gasteiger partial charge in [0.25, 0.3) is 5.91 Å². The third kappa shape index (κ3) is 10.2. The molecule has 0 fully saturated rings. The average Bonchev–Trinajstić information content (AvgIpc) is 3.10. The number of aliphatic hydroxyl groups is 1. The molecule has 0 aliphatic rings. The van der Waals surface area contributed by atoms with Crippen molar-refractivity contribution in [1.82, 2.24) is 20.9 Å². The number of nitrogens with two attached hydrogens (primary N) is 1. The highest BCUT2D eigenvalue weighted by Gasteiger charge is 2.12. The Kier molecular flexibility index (Phi) is 12.3. The van der Waals surface area contributed by atoms with Gasteiger partial charge in [0, 0.05) is 43.0 Å². The summed E-state index contributed by atoms with van der Waals surface area (Å²) in [7, 11) is 0. The number of ether oxygens (including phenoxy) is 1. The molecule has 0 spiro atoms. The van der Waals surface area contributed by atoms with Crippen molar-refractivity contribution < 1.29 is 19.4 Å². The molecular formula is C39H43N5O4. The Balaban J connectivity index is 0.990. The maximum Gasteiger partial charge on any atom is 0.251 e. The van der Waals surface area contributed by atoms with Crippen LogP contribution in [0.4, 0.5) is 5.82 Å². The lowest BCUT2D eigenvalue weighted by molar-refractivity contribution is -0.120. The summed E-state index contributed by atoms with van der Waals surface area (Å²) >= 11 is 0. The van der Waals surface area contributed by atoms with E-state index in [1.807, 2.05) is 54.6 Å². The summed E-state index contributed by atoms with van der Waals surface area (Å²) in [5.41, 5.74) is 11.0. The highest BCUT2D eigenvalue weighted by molar-refractivity contribution is 5.94. The summed E-state index contributed by atoms with van der Waals surface area (Å²) in [5, 5.41) is 22.0. The number of carbonyl (C=O) groups is 2. The summed E-state index contributed by atoms with van der Waals surface area (Å²) < 4.78 is 5.82. The summed E-state index contributed by atoms with van der Waals surface area (Å²) in [4.78, 5) is 29.4. The lowest BCUT2D eigenvalue weighted by Crippen LogP contribution is -2.32. The third-order valence-electron chi connectivity index (χ3n) is 8.13. The van der Waals surface area contributed by atoms with Crippen LogP contribution in [0.1, 0.15) is 51.2 Å². The molecule has 0 unspecified atom stereocenters. The summed E-state index contributed by atoms with van der Waals surface area (Å²) in [6.07, 6.45) is 1.92. The van der Waals surface area contributed by atoms with Crippen LogP contribution in [0, 0.1) is 0 Å². The van der Waals surface area contributed by atoms with E-state index in [-0.39, 0.29) is 24.3 Å². The standard InChI is InChI=1S/C39H43N5O4/c1-27(42-25-36(45)33-16-17-37(40)43-24-33)20-29-6-4-7-30(21-29)22-38(46)44-23-28-12-14-32(15-13-28)39(47)41-18-19-48-26-34-10-5-9-31-8-2-3-11-35(31)34/h2-17,21,24,27,36,42,45H,18-20,22-23,25-26H2,1H3,(H2,40,43)(H,41,47)(H,44,46)/t27-,36-/m1/s1. The van der Waals surface area contributed by atoms with Gasteiger partial charge in [0.05, 0.1) is 25.7 Å². The molecule has 0 radical (unpaired) electrons. The fourth-order valence-corrected chi connectivity index (χ4v) is 5.50. The van der Waals surface area contributed by atoms with E-state index < -0.39 is 6.10 Å². The van der Waals surface area contributed by atoms with Gasteiger partial charge in [-0.25, -0.2) is 4.98 Å². The topological polar surface area (TPSA) is 139 Å². The molecule has 5 rings (SSSR count). The highest BCUT2D eigenvalue weighted by Crippen LogP contribution is 2.19. The zero-order chi connectivity index (χ0) is 33.7. The molecule has 4 aromatic carbocycles. The first kappa shape index (κ1) is 34.3. The van der Waals surface area contributed by atoms with Crippen LogP contribution >= 0.6 is 0 Å². The van der Waals surface area contributed by atoms with E-state index in [1.165, 1.54) is 10.8 Å². The summed E-state index contributed by atoms with van der Waals surface area (Å²) in [6, 6.07) is 33.1. The number of benzene rings is 4. The van der Waals surface area contributed by atoms with Crippen LogP contribution in [0.2, 0.25) is 0 Å². The smallest absolute Gasteiger partial charge is 0.251 e. The van der Waals surface area contributed by atoms with E-state index in [9.17, 15) is 14.7 Å². The van der Waals surface area contributed by atoms with Crippen molar-refractivity contribution in [3.05, 3.63) is 143 Å². The number of aromatic nitrogens is 1. The van der Waals surface area contributed by atoms with Crippen LogP contribution in [0.5, 0.6) is 0 Å². The molecule has 0 aliphatic heterocycles. The molecular weight excluding hydrogens is 602 g/mol. The van der Waals surface area contributed by atoms with E-state index in [1.54, 1.807) is 30.5 Å². The van der Waals surface area contributed by atoms with Crippen LogP contribution in [0.15, 0.2) is 109 Å². The second kappa shape index (κ2) is 17.2. The molecule has 1 heterocycles. The molecule has 0 saturated heterocycles. The van der Waals surface area contributed by atoms with Gasteiger partial charge >= 0.3 is 0 Å². The van der Waals surface area contributed by atoms with Gasteiger partial charge in [-0.3, -0.25) is 9.59 Å². The molecule has 248 valence electrons. The molecule has 5 aromatic rings. The SMILES string of the molecule is C[C@H](Cc1cccc(CC(=O)NCc2ccc(C(=O)NCCOCc3cccc4ccccc34)cc2)c1)NC[C@@H](O)c1ccc(N)nc1. The van der Waals surface area contributed by atoms with E-state index >= 15 is 0 Å². The Morgan fingerprint density at radius 2 is 1.65 bits per heavy atom. The van der Waals surface area contributed by atoms with Gasteiger partial charge in [0.1, 0.15) is 5.82 Å². The van der Waals surface area contributed by atoms with E-state index in [4.69, 9.17) is 10.5 Å². The number of rotatable bonds is 16. The molecule has 2 amide bonds. The number of amides is 2. The first-order valence-corrected chi connectivity index (χ1v) is 16.2. The van der Waals surface area contributed by atoms with Crippen LogP contribution in [-0.2, 0) is 35.5 Å². The molecule has 1 aromatic heterocycles. The van der Waals surface area contributed by atoms with Gasteiger partial charge in [0.2, 0.25) is 5.91 Å². The fraction of sp³-hybridized carbons (Fsp3) is 0.256. The first-order chi connectivity index (χ1) is 23.3. The van der Waals surface area contributed by atoms with Gasteiger partial charge in [0.15, 0.2) is 0 Å². The molecule has 0 aliphatic carbocycles. The van der Waals surface area contributed by atoms with E-state index in [2.05, 4.69) is 52.1 Å². The number of aliphatic hydroxyl groups excluding tert-OH is 1. The van der Waals surface area contributed by atoms with E-state index in [0.29, 0.717) is 49.8 Å². The van der Waals surface area contributed by atoms with E-state index in [0.717, 1.165) is 28.7 Å². The number of fused-ring (bicyclic) bond motifs is 1. The molecule has 0 saturated carbocycles. The van der Waals surface area contributed by atoms with Crippen LogP contribution < -0.4 is 21.7 Å². The maximum absolute atomic E-state index is 12.7. The minimum absolute atomic E-state index is 0.0797. The van der Waals surface area contributed by atoms with Crippen molar-refractivity contribution in [2.75, 3.05) is 25.4 Å². The summed E-state index contributed by atoms with van der Waals surface area (Å²) in [5.74, 6) is 0.172. The molecule has 6 N–H and O–H groups in total. The zero-order valence-electron chi connectivity index (χ0n) is 27.2. The minimum Gasteiger partial charge on any atom is -0.387 e. The predicted octanol–water partition coefficient (Wildman–Crippen LogP) is 4.88. The van der Waals surface area contributed by atoms with Gasteiger partial charge < -0.3 is 31.5 Å². The summed E-state index contributed by atoms with van der Waals surface area (Å²) in [6.45, 7) is 4.12. The van der Waals surface area contributed by atoms with Crippen molar-refractivity contribution in [2.45, 2.75) is 45.1 Å². The average molecular weight is 646 g/mol.